The molecule has 196 valence electrons. The number of fused-ring (bicyclic) bond motifs is 4. The molecule has 1 aliphatic carbocycles. The number of benzene rings is 2. The molecule has 0 spiro atoms. The first-order chi connectivity index (χ1) is 16.6. The van der Waals surface area contributed by atoms with Crippen molar-refractivity contribution < 1.29 is 12.8 Å². The van der Waals surface area contributed by atoms with Gasteiger partial charge >= 0.3 is 7.95 Å². The van der Waals surface area contributed by atoms with Crippen LogP contribution in [-0.4, -0.2) is 37.0 Å². The van der Waals surface area contributed by atoms with Crippen LogP contribution in [0.4, 0.5) is 0 Å². The van der Waals surface area contributed by atoms with Gasteiger partial charge in [-0.25, -0.2) is 8.42 Å². The SMILES string of the molecule is Cc1ccc(S(=O)(=O)N2[C@@H]3CCCC[C@H]3N3Cc4cc(C(C)(C)C)cc(C(C)(C)C)c4O[Si]32Cl)cc1. The Morgan fingerprint density at radius 2 is 1.56 bits per heavy atom. The fraction of sp³-hybridized carbons (Fsp3) is 0.571. The fourth-order valence-corrected chi connectivity index (χ4v) is 13.9. The van der Waals surface area contributed by atoms with Gasteiger partial charge in [-0.05, 0) is 53.9 Å². The fourth-order valence-electron chi connectivity index (χ4n) is 5.96. The van der Waals surface area contributed by atoms with E-state index in [1.807, 2.05) is 19.1 Å². The number of sulfonamides is 1. The lowest BCUT2D eigenvalue weighted by Gasteiger charge is -2.42. The Balaban J connectivity index is 1.69. The van der Waals surface area contributed by atoms with Gasteiger partial charge in [0.05, 0.1) is 4.90 Å². The number of halogens is 1. The van der Waals surface area contributed by atoms with Gasteiger partial charge in [-0.1, -0.05) is 95.3 Å². The molecule has 3 aliphatic rings. The number of rotatable bonds is 2. The van der Waals surface area contributed by atoms with Crippen molar-refractivity contribution in [2.24, 2.45) is 0 Å². The maximum Gasteiger partial charge on any atom is 0.541 e. The van der Waals surface area contributed by atoms with E-state index in [0.29, 0.717) is 11.4 Å². The lowest BCUT2D eigenvalue weighted by molar-refractivity contribution is 0.216. The molecule has 0 N–H and O–H groups in total. The second-order valence-electron chi connectivity index (χ2n) is 12.8. The second kappa shape index (κ2) is 8.57. The van der Waals surface area contributed by atoms with Crippen molar-refractivity contribution in [3.63, 3.8) is 0 Å². The normalized spacial score (nSPS) is 27.2. The summed E-state index contributed by atoms with van der Waals surface area (Å²) in [4.78, 5) is 0.292. The number of hydrogen-bond acceptors (Lipinski definition) is 4. The van der Waals surface area contributed by atoms with Crippen molar-refractivity contribution in [2.45, 2.75) is 109 Å². The Morgan fingerprint density at radius 1 is 0.944 bits per heavy atom. The van der Waals surface area contributed by atoms with E-state index in [9.17, 15) is 8.42 Å². The van der Waals surface area contributed by atoms with Crippen LogP contribution in [0, 0.1) is 6.92 Å². The minimum absolute atomic E-state index is 0.0127. The molecule has 0 amide bonds. The summed E-state index contributed by atoms with van der Waals surface area (Å²) in [6, 6.07) is 11.5. The van der Waals surface area contributed by atoms with E-state index >= 15 is 0 Å². The number of aryl methyl sites for hydroxylation is 1. The first-order valence-corrected chi connectivity index (χ1v) is 17.3. The summed E-state index contributed by atoms with van der Waals surface area (Å²) in [6.07, 6.45) is 3.84. The van der Waals surface area contributed by atoms with Crippen LogP contribution in [0.1, 0.15) is 89.5 Å². The highest BCUT2D eigenvalue weighted by Gasteiger charge is 2.69. The van der Waals surface area contributed by atoms with Crippen LogP contribution in [0.2, 0.25) is 0 Å². The molecule has 3 atom stereocenters. The summed E-state index contributed by atoms with van der Waals surface area (Å²) >= 11 is 7.55. The number of nitrogens with zero attached hydrogens (tertiary/aromatic N) is 2. The van der Waals surface area contributed by atoms with Gasteiger partial charge in [-0.2, -0.15) is 3.97 Å². The molecular formula is C28H39ClN2O3SSi. The maximum atomic E-state index is 14.2. The van der Waals surface area contributed by atoms with Gasteiger partial charge in [-0.3, -0.25) is 4.57 Å². The van der Waals surface area contributed by atoms with Crippen molar-refractivity contribution in [3.05, 3.63) is 58.7 Å². The summed E-state index contributed by atoms with van der Waals surface area (Å²) < 4.78 is 39.2. The molecule has 0 radical (unpaired) electrons. The molecule has 2 fully saturated rings. The van der Waals surface area contributed by atoms with Crippen molar-refractivity contribution >= 4 is 29.1 Å². The van der Waals surface area contributed by atoms with E-state index in [0.717, 1.165) is 48.1 Å². The van der Waals surface area contributed by atoms with Crippen LogP contribution in [0.3, 0.4) is 0 Å². The predicted molar refractivity (Wildman–Crippen MR) is 148 cm³/mol. The second-order valence-corrected chi connectivity index (χ2v) is 18.7. The van der Waals surface area contributed by atoms with Crippen LogP contribution in [-0.2, 0) is 27.4 Å². The largest absolute Gasteiger partial charge is 0.541 e. The highest BCUT2D eigenvalue weighted by molar-refractivity contribution is 7.91. The Kier molecular flexibility index (Phi) is 6.24. The molecule has 36 heavy (non-hydrogen) atoms. The molecule has 5 nitrogen and oxygen atoms in total. The van der Waals surface area contributed by atoms with Crippen LogP contribution >= 0.6 is 11.1 Å². The zero-order chi connectivity index (χ0) is 26.3. The van der Waals surface area contributed by atoms with Gasteiger partial charge in [0.1, 0.15) is 5.75 Å². The molecule has 1 saturated heterocycles. The van der Waals surface area contributed by atoms with Gasteiger partial charge in [0.2, 0.25) is 10.0 Å². The van der Waals surface area contributed by atoms with E-state index in [2.05, 4.69) is 58.2 Å². The molecule has 1 unspecified atom stereocenters. The van der Waals surface area contributed by atoms with E-state index in [1.54, 1.807) is 16.1 Å². The minimum Gasteiger partial charge on any atom is -0.506 e. The first-order valence-electron chi connectivity index (χ1n) is 13.1. The van der Waals surface area contributed by atoms with Crippen LogP contribution < -0.4 is 4.43 Å². The third-order valence-electron chi connectivity index (χ3n) is 8.01. The monoisotopic (exact) mass is 546 g/mol. The smallest absolute Gasteiger partial charge is 0.506 e. The molecule has 0 aromatic heterocycles. The molecule has 2 aromatic rings. The van der Waals surface area contributed by atoms with E-state index in [1.165, 1.54) is 5.56 Å². The van der Waals surface area contributed by atoms with Gasteiger partial charge in [0, 0.05) is 24.2 Å². The molecule has 8 heteroatoms. The topological polar surface area (TPSA) is 49.9 Å². The Labute approximate surface area is 222 Å². The Bertz CT molecular complexity index is 1280. The maximum absolute atomic E-state index is 14.2. The summed E-state index contributed by atoms with van der Waals surface area (Å²) in [5.74, 6) is 0.788. The van der Waals surface area contributed by atoms with E-state index in [-0.39, 0.29) is 22.9 Å². The summed E-state index contributed by atoms with van der Waals surface area (Å²) in [7, 11) is -7.41. The average Bonchev–Trinajstić information content (AvgIpc) is 3.03. The van der Waals surface area contributed by atoms with Crippen molar-refractivity contribution in [1.82, 2.24) is 8.54 Å². The van der Waals surface area contributed by atoms with E-state index < -0.39 is 18.0 Å². The predicted octanol–water partition coefficient (Wildman–Crippen LogP) is 6.47. The van der Waals surface area contributed by atoms with Crippen LogP contribution in [0.5, 0.6) is 5.75 Å². The van der Waals surface area contributed by atoms with Gasteiger partial charge in [0.25, 0.3) is 0 Å². The molecule has 0 bridgehead atoms. The molecule has 2 aromatic carbocycles. The third kappa shape index (κ3) is 4.15. The molecule has 1 saturated carbocycles. The summed E-state index contributed by atoms with van der Waals surface area (Å²) in [6.45, 7) is 15.8. The molecule has 2 heterocycles. The van der Waals surface area contributed by atoms with Gasteiger partial charge in [0.15, 0.2) is 0 Å². The molecule has 5 rings (SSSR count). The minimum atomic E-state index is -3.84. The standard InChI is InChI=1S/C28H39ClN2O3SSi/c1-19-12-14-22(15-13-19)35(32,33)31-25-11-9-8-10-24(25)30-18-20-16-21(27(2,3)4)17-23(28(5,6)7)26(20)34-36(30,31)29/h12-17,24-25H,8-11,18H2,1-7H3/t24-,25-,36?/m1/s1. The third-order valence-corrected chi connectivity index (χ3v) is 15.4. The quantitative estimate of drug-likeness (QED) is 0.320. The highest BCUT2D eigenvalue weighted by Crippen LogP contribution is 2.51. The summed E-state index contributed by atoms with van der Waals surface area (Å²) in [5, 5.41) is 0. The van der Waals surface area contributed by atoms with Crippen molar-refractivity contribution in [2.75, 3.05) is 0 Å². The van der Waals surface area contributed by atoms with Gasteiger partial charge in [-0.15, -0.1) is 0 Å². The van der Waals surface area contributed by atoms with Gasteiger partial charge < -0.3 is 4.43 Å². The molecule has 2 aliphatic heterocycles. The lowest BCUT2D eigenvalue weighted by Crippen LogP contribution is -2.64. The van der Waals surface area contributed by atoms with Crippen LogP contribution in [0.25, 0.3) is 0 Å². The van der Waals surface area contributed by atoms with Crippen LogP contribution in [0.15, 0.2) is 41.3 Å². The average molecular weight is 547 g/mol. The zero-order valence-corrected chi connectivity index (χ0v) is 25.1. The highest BCUT2D eigenvalue weighted by atomic mass is 35.6. The molecular weight excluding hydrogens is 508 g/mol. The number of hydrogen-bond donors (Lipinski definition) is 0. The van der Waals surface area contributed by atoms with Crippen molar-refractivity contribution in [1.29, 1.82) is 0 Å². The zero-order valence-electron chi connectivity index (χ0n) is 22.6. The Morgan fingerprint density at radius 3 is 2.14 bits per heavy atom. The lowest BCUT2D eigenvalue weighted by atomic mass is 9.79. The van der Waals surface area contributed by atoms with Crippen molar-refractivity contribution in [3.8, 4) is 5.75 Å². The van der Waals surface area contributed by atoms with E-state index in [4.69, 9.17) is 15.5 Å². The Hall–Kier alpha value is -1.38. The summed E-state index contributed by atoms with van der Waals surface area (Å²) in [5.41, 5.74) is 4.32. The first kappa shape index (κ1) is 26.2.